The molecule has 0 radical (unpaired) electrons. The molecule has 0 unspecified atom stereocenters. The van der Waals surface area contributed by atoms with Crippen molar-refractivity contribution in [2.45, 2.75) is 0 Å². The number of nitro benzene ring substituents is 1. The smallest absolute Gasteiger partial charge is 0.312 e. The predicted octanol–water partition coefficient (Wildman–Crippen LogP) is 2.19. The van der Waals surface area contributed by atoms with Gasteiger partial charge in [0.25, 0.3) is 0 Å². The minimum absolute atomic E-state index is 0.0983. The monoisotopic (exact) mass is 225 g/mol. The Balaban J connectivity index is 3.16. The maximum atomic E-state index is 10.7. The first-order valence-electron chi connectivity index (χ1n) is 4.06. The van der Waals surface area contributed by atoms with Crippen molar-refractivity contribution in [1.82, 2.24) is 0 Å². The first-order chi connectivity index (χ1) is 7.19. The van der Waals surface area contributed by atoms with Crippen molar-refractivity contribution in [3.05, 3.63) is 33.9 Å². The van der Waals surface area contributed by atoms with Crippen LogP contribution in [0.1, 0.15) is 5.56 Å². The maximum absolute atomic E-state index is 10.7. The summed E-state index contributed by atoms with van der Waals surface area (Å²) in [6.07, 6.45) is 0. The van der Waals surface area contributed by atoms with Gasteiger partial charge in [0.15, 0.2) is 5.75 Å². The Hall–Kier alpha value is -1.73. The zero-order chi connectivity index (χ0) is 11.3. The Labute approximate surface area is 92.0 Å². The van der Waals surface area contributed by atoms with E-state index < -0.39 is 4.92 Å². The summed E-state index contributed by atoms with van der Waals surface area (Å²) in [5, 5.41) is 10.7. The van der Waals surface area contributed by atoms with Gasteiger partial charge in [0.1, 0.15) is 0 Å². The highest BCUT2D eigenvalue weighted by Gasteiger charge is 2.14. The maximum Gasteiger partial charge on any atom is 0.312 e. The molecule has 0 aromatic heterocycles. The third-order valence-electron chi connectivity index (χ3n) is 1.68. The van der Waals surface area contributed by atoms with Gasteiger partial charge in [-0.1, -0.05) is 11.8 Å². The molecule has 0 saturated carbocycles. The van der Waals surface area contributed by atoms with Gasteiger partial charge in [0, 0.05) is 11.6 Å². The van der Waals surface area contributed by atoms with Gasteiger partial charge in [-0.2, -0.15) is 0 Å². The molecule has 1 rings (SSSR count). The number of ether oxygens (including phenoxy) is 1. The van der Waals surface area contributed by atoms with Gasteiger partial charge < -0.3 is 4.74 Å². The number of hydrogen-bond acceptors (Lipinski definition) is 3. The Kier molecular flexibility index (Phi) is 3.95. The van der Waals surface area contributed by atoms with Gasteiger partial charge >= 0.3 is 5.69 Å². The molecule has 0 aliphatic heterocycles. The second-order valence-corrected chi connectivity index (χ2v) is 2.85. The van der Waals surface area contributed by atoms with Gasteiger partial charge in [-0.3, -0.25) is 10.1 Å². The van der Waals surface area contributed by atoms with E-state index in [2.05, 4.69) is 11.8 Å². The lowest BCUT2D eigenvalue weighted by Crippen LogP contribution is -1.94. The van der Waals surface area contributed by atoms with E-state index in [0.29, 0.717) is 5.56 Å². The van der Waals surface area contributed by atoms with Gasteiger partial charge in [0.2, 0.25) is 0 Å². The van der Waals surface area contributed by atoms with Crippen molar-refractivity contribution in [1.29, 1.82) is 0 Å². The van der Waals surface area contributed by atoms with Crippen LogP contribution >= 0.6 is 11.6 Å². The minimum atomic E-state index is -0.509. The van der Waals surface area contributed by atoms with E-state index in [4.69, 9.17) is 16.3 Å². The van der Waals surface area contributed by atoms with Crippen LogP contribution in [0.4, 0.5) is 5.69 Å². The molecule has 1 aromatic carbocycles. The predicted molar refractivity (Wildman–Crippen MR) is 57.2 cm³/mol. The highest BCUT2D eigenvalue weighted by Crippen LogP contribution is 2.26. The average Bonchev–Trinajstić information content (AvgIpc) is 2.25. The molecule has 5 heteroatoms. The van der Waals surface area contributed by atoms with Crippen molar-refractivity contribution in [3.63, 3.8) is 0 Å². The molecule has 0 spiro atoms. The Morgan fingerprint density at radius 3 is 2.87 bits per heavy atom. The largest absolute Gasteiger partial charge is 0.490 e. The summed E-state index contributed by atoms with van der Waals surface area (Å²) in [7, 11) is 1.38. The number of nitrogens with zero attached hydrogens (tertiary/aromatic N) is 1. The van der Waals surface area contributed by atoms with Crippen LogP contribution in [0.25, 0.3) is 0 Å². The molecule has 0 fully saturated rings. The van der Waals surface area contributed by atoms with Crippen molar-refractivity contribution >= 4 is 17.3 Å². The Morgan fingerprint density at radius 2 is 2.33 bits per heavy atom. The van der Waals surface area contributed by atoms with Gasteiger partial charge in [0.05, 0.1) is 17.9 Å². The number of halogens is 1. The second kappa shape index (κ2) is 5.23. The number of hydrogen-bond donors (Lipinski definition) is 0. The van der Waals surface area contributed by atoms with E-state index in [0.717, 1.165) is 0 Å². The molecule has 78 valence electrons. The normalized spacial score (nSPS) is 8.93. The molecular formula is C10H8ClNO3. The molecule has 0 heterocycles. The highest BCUT2D eigenvalue weighted by molar-refractivity contribution is 6.19. The third kappa shape index (κ3) is 2.86. The molecule has 0 amide bonds. The summed E-state index contributed by atoms with van der Waals surface area (Å²) in [6.45, 7) is 0. The van der Waals surface area contributed by atoms with Crippen molar-refractivity contribution < 1.29 is 9.66 Å². The minimum Gasteiger partial charge on any atom is -0.490 e. The SMILES string of the molecule is COc1ccc(C#CCCl)cc1[N+](=O)[O-]. The quantitative estimate of drug-likeness (QED) is 0.336. The highest BCUT2D eigenvalue weighted by atomic mass is 35.5. The number of benzene rings is 1. The first-order valence-corrected chi connectivity index (χ1v) is 4.59. The lowest BCUT2D eigenvalue weighted by molar-refractivity contribution is -0.385. The molecule has 0 N–H and O–H groups in total. The molecular weight excluding hydrogens is 218 g/mol. The van der Waals surface area contributed by atoms with Crippen molar-refractivity contribution in [3.8, 4) is 17.6 Å². The summed E-state index contributed by atoms with van der Waals surface area (Å²) < 4.78 is 4.85. The van der Waals surface area contributed by atoms with Gasteiger partial charge in [-0.25, -0.2) is 0 Å². The summed E-state index contributed by atoms with van der Waals surface area (Å²) in [4.78, 5) is 10.1. The standard InChI is InChI=1S/C10H8ClNO3/c1-15-10-5-4-8(3-2-6-11)7-9(10)12(13)14/h4-5,7H,6H2,1H3. The average molecular weight is 226 g/mol. The van der Waals surface area contributed by atoms with Crippen LogP contribution in [0.15, 0.2) is 18.2 Å². The Morgan fingerprint density at radius 1 is 1.60 bits per heavy atom. The number of rotatable bonds is 2. The third-order valence-corrected chi connectivity index (χ3v) is 1.81. The lowest BCUT2D eigenvalue weighted by Gasteiger charge is -2.00. The summed E-state index contributed by atoms with van der Waals surface area (Å²) >= 11 is 5.38. The zero-order valence-corrected chi connectivity index (χ0v) is 8.75. The van der Waals surface area contributed by atoms with E-state index in [1.54, 1.807) is 6.07 Å². The van der Waals surface area contributed by atoms with Gasteiger partial charge in [-0.05, 0) is 12.1 Å². The lowest BCUT2D eigenvalue weighted by atomic mass is 10.2. The molecule has 0 saturated heterocycles. The van der Waals surface area contributed by atoms with Gasteiger partial charge in [-0.15, -0.1) is 11.6 Å². The van der Waals surface area contributed by atoms with Crippen LogP contribution in [0.3, 0.4) is 0 Å². The molecule has 4 nitrogen and oxygen atoms in total. The number of nitro groups is 1. The molecule has 15 heavy (non-hydrogen) atoms. The van der Waals surface area contributed by atoms with E-state index in [1.165, 1.54) is 19.2 Å². The second-order valence-electron chi connectivity index (χ2n) is 2.58. The molecule has 0 aliphatic rings. The Bertz CT molecular complexity index is 434. The summed E-state index contributed by atoms with van der Waals surface area (Å²) in [6, 6.07) is 4.51. The van der Waals surface area contributed by atoms with Crippen LogP contribution in [0, 0.1) is 22.0 Å². The number of methoxy groups -OCH3 is 1. The van der Waals surface area contributed by atoms with Crippen LogP contribution in [-0.2, 0) is 0 Å². The van der Waals surface area contributed by atoms with E-state index in [1.807, 2.05) is 0 Å². The van der Waals surface area contributed by atoms with Crippen molar-refractivity contribution in [2.75, 3.05) is 13.0 Å². The van der Waals surface area contributed by atoms with E-state index in [9.17, 15) is 10.1 Å². The zero-order valence-electron chi connectivity index (χ0n) is 7.99. The summed E-state index contributed by atoms with van der Waals surface area (Å²) in [5.41, 5.74) is 0.446. The van der Waals surface area contributed by atoms with Crippen LogP contribution in [-0.4, -0.2) is 17.9 Å². The summed E-state index contributed by atoms with van der Waals surface area (Å²) in [5.74, 6) is 5.73. The number of alkyl halides is 1. The van der Waals surface area contributed by atoms with Crippen LogP contribution in [0.2, 0.25) is 0 Å². The van der Waals surface area contributed by atoms with Crippen LogP contribution < -0.4 is 4.74 Å². The van der Waals surface area contributed by atoms with E-state index in [-0.39, 0.29) is 17.3 Å². The van der Waals surface area contributed by atoms with Crippen molar-refractivity contribution in [2.24, 2.45) is 0 Å². The molecule has 1 aromatic rings. The molecule has 0 aliphatic carbocycles. The molecule has 0 atom stereocenters. The molecule has 0 bridgehead atoms. The fourth-order valence-corrected chi connectivity index (χ4v) is 1.11. The first kappa shape index (κ1) is 11.3. The fourth-order valence-electron chi connectivity index (χ4n) is 1.05. The fraction of sp³-hybridized carbons (Fsp3) is 0.200. The topological polar surface area (TPSA) is 52.4 Å². The van der Waals surface area contributed by atoms with Crippen LogP contribution in [0.5, 0.6) is 5.75 Å². The van der Waals surface area contributed by atoms with E-state index >= 15 is 0 Å².